The lowest BCUT2D eigenvalue weighted by Crippen LogP contribution is -2.48. The maximum Gasteiger partial charge on any atom is 0.254 e. The molecule has 0 spiro atoms. The molecule has 2 aromatic carbocycles. The van der Waals surface area contributed by atoms with Crippen LogP contribution >= 0.6 is 0 Å². The van der Waals surface area contributed by atoms with E-state index in [0.717, 1.165) is 61.3 Å². The second-order valence-corrected chi connectivity index (χ2v) is 9.81. The van der Waals surface area contributed by atoms with Gasteiger partial charge in [0, 0.05) is 68.6 Å². The van der Waals surface area contributed by atoms with E-state index in [1.807, 2.05) is 48.3 Å². The van der Waals surface area contributed by atoms with Crippen LogP contribution in [0.25, 0.3) is 10.9 Å². The highest BCUT2D eigenvalue weighted by Gasteiger charge is 2.44. The molecule has 0 saturated carbocycles. The van der Waals surface area contributed by atoms with Gasteiger partial charge in [-0.25, -0.2) is 0 Å². The zero-order chi connectivity index (χ0) is 25.8. The number of aryl methyl sites for hydroxylation is 1. The third-order valence-electron chi connectivity index (χ3n) is 7.56. The molecule has 5 rings (SSSR count). The van der Waals surface area contributed by atoms with Crippen molar-refractivity contribution < 1.29 is 19.1 Å². The third-order valence-corrected chi connectivity index (χ3v) is 7.56. The lowest BCUT2D eigenvalue weighted by molar-refractivity contribution is -0.124. The minimum absolute atomic E-state index is 0.0534. The molecule has 1 N–H and O–H groups in total. The first-order valence-corrected chi connectivity index (χ1v) is 13.1. The standard InChI is InChI=1S/C29H36N4O4/c1-31-20-24(21-8-5-6-11-25(21)31)27-26(28(34)30-12-7-13-32-14-18-37-19-15-32)22-9-3-4-10-23(22)29(35)33(27)16-17-36-2/h3-6,8-11,20,26-27H,7,12-19H2,1-2H3,(H,30,34). The average Bonchev–Trinajstić information content (AvgIpc) is 3.27. The van der Waals surface area contributed by atoms with Crippen molar-refractivity contribution in [3.63, 3.8) is 0 Å². The average molecular weight is 505 g/mol. The highest BCUT2D eigenvalue weighted by molar-refractivity contribution is 6.02. The summed E-state index contributed by atoms with van der Waals surface area (Å²) in [5.74, 6) is -0.649. The zero-order valence-electron chi connectivity index (χ0n) is 21.7. The summed E-state index contributed by atoms with van der Waals surface area (Å²) in [5.41, 5.74) is 3.42. The van der Waals surface area contributed by atoms with Crippen molar-refractivity contribution in [3.05, 3.63) is 71.4 Å². The third kappa shape index (κ3) is 5.14. The number of fused-ring (bicyclic) bond motifs is 2. The quantitative estimate of drug-likeness (QED) is 0.454. The Hall–Kier alpha value is -3.20. The fraction of sp³-hybridized carbons (Fsp3) is 0.448. The summed E-state index contributed by atoms with van der Waals surface area (Å²) in [6.45, 7) is 5.71. The van der Waals surface area contributed by atoms with E-state index in [9.17, 15) is 9.59 Å². The van der Waals surface area contributed by atoms with Crippen molar-refractivity contribution in [3.8, 4) is 0 Å². The van der Waals surface area contributed by atoms with Crippen LogP contribution in [0.4, 0.5) is 0 Å². The Morgan fingerprint density at radius 2 is 1.81 bits per heavy atom. The molecule has 1 aromatic heterocycles. The molecule has 196 valence electrons. The summed E-state index contributed by atoms with van der Waals surface area (Å²) in [5, 5.41) is 4.26. The molecule has 2 amide bonds. The Kier molecular flexibility index (Phi) is 7.88. The maximum atomic E-state index is 13.9. The van der Waals surface area contributed by atoms with E-state index in [0.29, 0.717) is 25.3 Å². The van der Waals surface area contributed by atoms with Crippen molar-refractivity contribution in [2.45, 2.75) is 18.4 Å². The molecule has 3 aromatic rings. The number of ether oxygens (including phenoxy) is 2. The van der Waals surface area contributed by atoms with Gasteiger partial charge in [0.25, 0.3) is 5.91 Å². The van der Waals surface area contributed by atoms with Gasteiger partial charge in [-0.05, 0) is 30.7 Å². The smallest absolute Gasteiger partial charge is 0.254 e. The van der Waals surface area contributed by atoms with Crippen molar-refractivity contribution in [2.75, 3.05) is 59.7 Å². The first kappa shape index (κ1) is 25.4. The highest BCUT2D eigenvalue weighted by atomic mass is 16.5. The Bertz CT molecular complexity index is 1250. The Balaban J connectivity index is 1.48. The van der Waals surface area contributed by atoms with Crippen LogP contribution in [0.3, 0.4) is 0 Å². The second-order valence-electron chi connectivity index (χ2n) is 9.81. The van der Waals surface area contributed by atoms with Crippen molar-refractivity contribution in [1.82, 2.24) is 19.7 Å². The summed E-state index contributed by atoms with van der Waals surface area (Å²) in [7, 11) is 3.64. The van der Waals surface area contributed by atoms with Gasteiger partial charge in [-0.2, -0.15) is 0 Å². The molecule has 1 saturated heterocycles. The van der Waals surface area contributed by atoms with E-state index in [4.69, 9.17) is 9.47 Å². The molecular weight excluding hydrogens is 468 g/mol. The van der Waals surface area contributed by atoms with E-state index in [1.165, 1.54) is 0 Å². The molecule has 8 heteroatoms. The van der Waals surface area contributed by atoms with Gasteiger partial charge < -0.3 is 24.3 Å². The molecule has 37 heavy (non-hydrogen) atoms. The Morgan fingerprint density at radius 3 is 2.62 bits per heavy atom. The van der Waals surface area contributed by atoms with Gasteiger partial charge in [-0.3, -0.25) is 14.5 Å². The number of amides is 2. The summed E-state index contributed by atoms with van der Waals surface area (Å²) in [6.07, 6.45) is 2.93. The van der Waals surface area contributed by atoms with Crippen molar-refractivity contribution in [1.29, 1.82) is 0 Å². The minimum atomic E-state index is -0.528. The molecule has 1 fully saturated rings. The number of para-hydroxylation sites is 1. The number of rotatable bonds is 9. The molecule has 2 aliphatic rings. The summed E-state index contributed by atoms with van der Waals surface area (Å²) in [6, 6.07) is 15.2. The van der Waals surface area contributed by atoms with Gasteiger partial charge in [0.15, 0.2) is 0 Å². The number of benzene rings is 2. The van der Waals surface area contributed by atoms with Crippen LogP contribution in [-0.4, -0.2) is 85.8 Å². The second kappa shape index (κ2) is 11.5. The van der Waals surface area contributed by atoms with Crippen LogP contribution in [0.2, 0.25) is 0 Å². The normalized spacial score (nSPS) is 20.3. The topological polar surface area (TPSA) is 76.0 Å². The van der Waals surface area contributed by atoms with Crippen LogP contribution < -0.4 is 5.32 Å². The number of hydrogen-bond donors (Lipinski definition) is 1. The molecule has 2 unspecified atom stereocenters. The molecule has 0 radical (unpaired) electrons. The van der Waals surface area contributed by atoms with E-state index >= 15 is 0 Å². The van der Waals surface area contributed by atoms with Gasteiger partial charge in [0.05, 0.1) is 31.8 Å². The van der Waals surface area contributed by atoms with Crippen LogP contribution in [-0.2, 0) is 21.3 Å². The summed E-state index contributed by atoms with van der Waals surface area (Å²) < 4.78 is 12.9. The predicted octanol–water partition coefficient (Wildman–Crippen LogP) is 2.94. The number of nitrogens with one attached hydrogen (secondary N) is 1. The first-order valence-electron chi connectivity index (χ1n) is 13.1. The number of hydrogen-bond acceptors (Lipinski definition) is 5. The monoisotopic (exact) mass is 504 g/mol. The Morgan fingerprint density at radius 1 is 1.05 bits per heavy atom. The number of morpholine rings is 1. The largest absolute Gasteiger partial charge is 0.383 e. The maximum absolute atomic E-state index is 13.9. The van der Waals surface area contributed by atoms with Crippen LogP contribution in [0.5, 0.6) is 0 Å². The number of nitrogens with zero attached hydrogens (tertiary/aromatic N) is 3. The molecule has 2 atom stereocenters. The number of methoxy groups -OCH3 is 1. The molecule has 3 heterocycles. The fourth-order valence-electron chi connectivity index (χ4n) is 5.71. The highest BCUT2D eigenvalue weighted by Crippen LogP contribution is 2.45. The van der Waals surface area contributed by atoms with E-state index in [1.54, 1.807) is 7.11 Å². The van der Waals surface area contributed by atoms with Crippen LogP contribution in [0.15, 0.2) is 54.7 Å². The van der Waals surface area contributed by atoms with Gasteiger partial charge in [0.1, 0.15) is 0 Å². The van der Waals surface area contributed by atoms with Crippen molar-refractivity contribution >= 4 is 22.7 Å². The molecule has 8 nitrogen and oxygen atoms in total. The minimum Gasteiger partial charge on any atom is -0.383 e. The lowest BCUT2D eigenvalue weighted by Gasteiger charge is -2.41. The molecule has 0 aliphatic carbocycles. The number of aromatic nitrogens is 1. The SMILES string of the molecule is COCCN1C(=O)c2ccccc2C(C(=O)NCCCN2CCOCC2)C1c1cn(C)c2ccccc12. The van der Waals surface area contributed by atoms with Gasteiger partial charge >= 0.3 is 0 Å². The van der Waals surface area contributed by atoms with E-state index in [2.05, 4.69) is 33.1 Å². The van der Waals surface area contributed by atoms with E-state index in [-0.39, 0.29) is 11.8 Å². The Labute approximate surface area is 218 Å². The number of carbonyl (C=O) groups is 2. The summed E-state index contributed by atoms with van der Waals surface area (Å²) in [4.78, 5) is 31.9. The van der Waals surface area contributed by atoms with Crippen LogP contribution in [0, 0.1) is 0 Å². The van der Waals surface area contributed by atoms with Gasteiger partial charge in [-0.1, -0.05) is 36.4 Å². The molecule has 2 aliphatic heterocycles. The van der Waals surface area contributed by atoms with Gasteiger partial charge in [0.2, 0.25) is 5.91 Å². The van der Waals surface area contributed by atoms with Crippen molar-refractivity contribution in [2.24, 2.45) is 7.05 Å². The zero-order valence-corrected chi connectivity index (χ0v) is 21.7. The lowest BCUT2D eigenvalue weighted by atomic mass is 9.79. The number of carbonyl (C=O) groups excluding carboxylic acids is 2. The molecular formula is C29H36N4O4. The van der Waals surface area contributed by atoms with Crippen LogP contribution in [0.1, 0.15) is 39.9 Å². The predicted molar refractivity (Wildman–Crippen MR) is 143 cm³/mol. The molecule has 0 bridgehead atoms. The fourth-order valence-corrected chi connectivity index (χ4v) is 5.71. The first-order chi connectivity index (χ1) is 18.1. The van der Waals surface area contributed by atoms with E-state index < -0.39 is 12.0 Å². The summed E-state index contributed by atoms with van der Waals surface area (Å²) >= 11 is 0. The van der Waals surface area contributed by atoms with Gasteiger partial charge in [-0.15, -0.1) is 0 Å².